The Balaban J connectivity index is 1.87. The molecule has 0 saturated carbocycles. The summed E-state index contributed by atoms with van der Waals surface area (Å²) in [5, 5.41) is 0. The van der Waals surface area contributed by atoms with Crippen LogP contribution in [-0.2, 0) is 11.2 Å². The molecule has 1 amide bonds. The van der Waals surface area contributed by atoms with Gasteiger partial charge in [-0.1, -0.05) is 18.7 Å². The van der Waals surface area contributed by atoms with Crippen molar-refractivity contribution in [2.75, 3.05) is 19.8 Å². The molecule has 2 aliphatic heterocycles. The number of alkyl halides is 1. The van der Waals surface area contributed by atoms with Gasteiger partial charge >= 0.3 is 6.09 Å². The van der Waals surface area contributed by atoms with E-state index in [0.717, 1.165) is 19.5 Å². The highest BCUT2D eigenvalue weighted by molar-refractivity contribution is 5.64. The van der Waals surface area contributed by atoms with E-state index in [9.17, 15) is 9.18 Å². The van der Waals surface area contributed by atoms with Gasteiger partial charge in [-0.25, -0.2) is 9.18 Å². The Hall–Kier alpha value is -1.88. The standard InChI is InChI=1S/C20H27FN2O2/c1-12(10-21)6-16-11-23-5-4-15-7-13(2)14(3)8-17(15)18(23)9-19(16)25-20(22)24/h7-8,16,18-19H,1,4-6,9-11H2,2-3H3,(H2,22,24)/t16-,18-,19-/m0/s1/i21-1. The van der Waals surface area contributed by atoms with E-state index in [1.165, 1.54) is 22.3 Å². The molecule has 5 heteroatoms. The molecule has 0 radical (unpaired) electrons. The molecule has 0 unspecified atom stereocenters. The zero-order valence-corrected chi connectivity index (χ0v) is 15.1. The van der Waals surface area contributed by atoms with Gasteiger partial charge in [0, 0.05) is 31.5 Å². The van der Waals surface area contributed by atoms with Crippen molar-refractivity contribution in [3.8, 4) is 0 Å². The number of nitrogens with two attached hydrogens (primary N) is 1. The minimum Gasteiger partial charge on any atom is -0.446 e. The van der Waals surface area contributed by atoms with Gasteiger partial charge in [0.25, 0.3) is 0 Å². The van der Waals surface area contributed by atoms with E-state index in [-0.39, 0.29) is 18.1 Å². The fraction of sp³-hybridized carbons (Fsp3) is 0.550. The topological polar surface area (TPSA) is 55.6 Å². The van der Waals surface area contributed by atoms with Gasteiger partial charge in [-0.3, -0.25) is 4.90 Å². The number of aryl methyl sites for hydroxylation is 2. The highest BCUT2D eigenvalue weighted by atomic mass is 18.2. The molecular weight excluding hydrogens is 318 g/mol. The van der Waals surface area contributed by atoms with Gasteiger partial charge in [-0.2, -0.15) is 0 Å². The van der Waals surface area contributed by atoms with E-state index >= 15 is 0 Å². The van der Waals surface area contributed by atoms with Crippen molar-refractivity contribution in [2.45, 2.75) is 45.3 Å². The van der Waals surface area contributed by atoms with Crippen LogP contribution in [-0.4, -0.2) is 36.9 Å². The monoisotopic (exact) mass is 345 g/mol. The maximum absolute atomic E-state index is 12.9. The first-order valence-electron chi connectivity index (χ1n) is 8.91. The number of fused-ring (bicyclic) bond motifs is 3. The number of hydrogen-bond donors (Lipinski definition) is 1. The SMILES string of the molecule is C=C(C[18F])C[C@H]1CN2CCc3cc(C)c(C)cc3[C@@H]2C[C@@H]1OC(N)=O. The fourth-order valence-corrected chi connectivity index (χ4v) is 4.28. The second-order valence-electron chi connectivity index (χ2n) is 7.45. The van der Waals surface area contributed by atoms with Crippen molar-refractivity contribution in [1.29, 1.82) is 0 Å². The van der Waals surface area contributed by atoms with Crippen LogP contribution < -0.4 is 5.73 Å². The molecule has 3 atom stereocenters. The predicted molar refractivity (Wildman–Crippen MR) is 96.2 cm³/mol. The van der Waals surface area contributed by atoms with E-state index in [2.05, 4.69) is 37.5 Å². The molecule has 1 fully saturated rings. The number of carbonyl (C=O) groups excluding carboxylic acids is 1. The molecule has 3 rings (SSSR count). The molecule has 0 bridgehead atoms. The molecule has 1 aromatic carbocycles. The largest absolute Gasteiger partial charge is 0.446 e. The predicted octanol–water partition coefficient (Wildman–Crippen LogP) is 3.60. The first-order chi connectivity index (χ1) is 11.9. The Kier molecular flexibility index (Phi) is 5.13. The van der Waals surface area contributed by atoms with Crippen LogP contribution in [0.3, 0.4) is 0 Å². The number of piperidine rings is 1. The van der Waals surface area contributed by atoms with Crippen LogP contribution in [0.4, 0.5) is 9.18 Å². The van der Waals surface area contributed by atoms with Crippen LogP contribution in [0.1, 0.15) is 41.1 Å². The van der Waals surface area contributed by atoms with E-state index < -0.39 is 12.8 Å². The number of carbonyl (C=O) groups is 1. The molecule has 2 N–H and O–H groups in total. The zero-order chi connectivity index (χ0) is 18.1. The van der Waals surface area contributed by atoms with Gasteiger partial charge in [0.15, 0.2) is 0 Å². The number of hydrogen-bond acceptors (Lipinski definition) is 3. The Labute approximate surface area is 148 Å². The van der Waals surface area contributed by atoms with Gasteiger partial charge < -0.3 is 10.5 Å². The second kappa shape index (κ2) is 7.16. The second-order valence-corrected chi connectivity index (χ2v) is 7.45. The summed E-state index contributed by atoms with van der Waals surface area (Å²) in [5.41, 5.74) is 11.1. The van der Waals surface area contributed by atoms with Crippen molar-refractivity contribution in [1.82, 2.24) is 4.90 Å². The molecule has 0 aliphatic carbocycles. The van der Waals surface area contributed by atoms with Crippen LogP contribution in [0.15, 0.2) is 24.3 Å². The number of amides is 1. The molecule has 4 nitrogen and oxygen atoms in total. The Morgan fingerprint density at radius 3 is 2.80 bits per heavy atom. The van der Waals surface area contributed by atoms with Gasteiger partial charge in [0.1, 0.15) is 12.8 Å². The van der Waals surface area contributed by atoms with Crippen molar-refractivity contribution in [3.63, 3.8) is 0 Å². The number of benzene rings is 1. The maximum atomic E-state index is 12.9. The number of primary amides is 1. The van der Waals surface area contributed by atoms with E-state index in [0.29, 0.717) is 18.4 Å². The molecule has 2 aliphatic rings. The minimum absolute atomic E-state index is 0.0418. The quantitative estimate of drug-likeness (QED) is 0.848. The van der Waals surface area contributed by atoms with E-state index in [4.69, 9.17) is 10.5 Å². The number of rotatable bonds is 4. The van der Waals surface area contributed by atoms with E-state index in [1.54, 1.807) is 0 Å². The smallest absolute Gasteiger partial charge is 0.404 e. The van der Waals surface area contributed by atoms with Gasteiger partial charge in [-0.05, 0) is 54.5 Å². The summed E-state index contributed by atoms with van der Waals surface area (Å²) in [5.74, 6) is 0.0418. The maximum Gasteiger partial charge on any atom is 0.404 e. The molecular formula is C20H27FN2O2. The average Bonchev–Trinajstić information content (AvgIpc) is 2.56. The summed E-state index contributed by atoms with van der Waals surface area (Å²) < 4.78 is 18.3. The molecule has 1 saturated heterocycles. The number of allylic oxidation sites excluding steroid dienone is 1. The molecule has 0 aromatic heterocycles. The molecule has 25 heavy (non-hydrogen) atoms. The first-order valence-corrected chi connectivity index (χ1v) is 8.91. The number of halogens is 1. The summed E-state index contributed by atoms with van der Waals surface area (Å²) in [4.78, 5) is 13.8. The first kappa shape index (κ1) is 17.9. The molecule has 136 valence electrons. The normalized spacial score (nSPS) is 25.8. The number of nitrogens with zero attached hydrogens (tertiary/aromatic N) is 1. The number of ether oxygens (including phenoxy) is 1. The minimum atomic E-state index is -0.759. The Morgan fingerprint density at radius 1 is 1.40 bits per heavy atom. The Morgan fingerprint density at radius 2 is 2.12 bits per heavy atom. The van der Waals surface area contributed by atoms with Crippen LogP contribution >= 0.6 is 0 Å². The average molecular weight is 345 g/mol. The summed E-state index contributed by atoms with van der Waals surface area (Å²) in [7, 11) is 0. The summed E-state index contributed by atoms with van der Waals surface area (Å²) in [6.07, 6.45) is 1.19. The van der Waals surface area contributed by atoms with Crippen LogP contribution in [0.2, 0.25) is 0 Å². The lowest BCUT2D eigenvalue weighted by molar-refractivity contribution is -0.0202. The van der Waals surface area contributed by atoms with Gasteiger partial charge in [-0.15, -0.1) is 0 Å². The van der Waals surface area contributed by atoms with Gasteiger partial charge in [0.05, 0.1) is 0 Å². The fourth-order valence-electron chi connectivity index (χ4n) is 4.28. The van der Waals surface area contributed by atoms with Crippen molar-refractivity contribution < 1.29 is 13.9 Å². The molecule has 2 heterocycles. The summed E-state index contributed by atoms with van der Waals surface area (Å²) in [6.45, 7) is 9.25. The highest BCUT2D eigenvalue weighted by Gasteiger charge is 2.40. The van der Waals surface area contributed by atoms with Crippen molar-refractivity contribution >= 4 is 6.09 Å². The van der Waals surface area contributed by atoms with Crippen LogP contribution in [0.25, 0.3) is 0 Å². The van der Waals surface area contributed by atoms with Crippen molar-refractivity contribution in [2.24, 2.45) is 11.7 Å². The summed E-state index contributed by atoms with van der Waals surface area (Å²) in [6, 6.07) is 4.77. The Bertz CT molecular complexity index is 689. The van der Waals surface area contributed by atoms with Crippen LogP contribution in [0, 0.1) is 19.8 Å². The molecule has 0 spiro atoms. The molecule has 1 aromatic rings. The van der Waals surface area contributed by atoms with Crippen molar-refractivity contribution in [3.05, 3.63) is 46.5 Å². The third kappa shape index (κ3) is 3.71. The summed E-state index contributed by atoms with van der Waals surface area (Å²) >= 11 is 0. The third-order valence-electron chi connectivity index (χ3n) is 5.68. The van der Waals surface area contributed by atoms with Crippen LogP contribution in [0.5, 0.6) is 0 Å². The lowest BCUT2D eigenvalue weighted by atomic mass is 9.79. The zero-order valence-electron chi connectivity index (χ0n) is 15.1. The lowest BCUT2D eigenvalue weighted by Crippen LogP contribution is -2.49. The van der Waals surface area contributed by atoms with E-state index in [1.807, 2.05) is 0 Å². The highest BCUT2D eigenvalue weighted by Crippen LogP contribution is 2.41. The third-order valence-corrected chi connectivity index (χ3v) is 5.68. The lowest BCUT2D eigenvalue weighted by Gasteiger charge is -2.47. The van der Waals surface area contributed by atoms with Gasteiger partial charge in [0.2, 0.25) is 0 Å².